The minimum Gasteiger partial charge on any atom is -0.314 e. The third kappa shape index (κ3) is 2.14. The van der Waals surface area contributed by atoms with Crippen LogP contribution in [0.25, 0.3) is 0 Å². The highest BCUT2D eigenvalue weighted by Gasteiger charge is 2.22. The fourth-order valence-corrected chi connectivity index (χ4v) is 1.85. The van der Waals surface area contributed by atoms with Gasteiger partial charge in [-0.05, 0) is 12.1 Å². The highest BCUT2D eigenvalue weighted by atomic mass is 15.2. The maximum atomic E-state index is 3.32. The SMILES string of the molecule is CCN(Cc1ccccc1)C1CNC1. The Labute approximate surface area is 85.9 Å². The highest BCUT2D eigenvalue weighted by Crippen LogP contribution is 2.10. The van der Waals surface area contributed by atoms with E-state index in [1.807, 2.05) is 0 Å². The van der Waals surface area contributed by atoms with Gasteiger partial charge in [0.15, 0.2) is 0 Å². The van der Waals surface area contributed by atoms with Gasteiger partial charge in [-0.3, -0.25) is 4.90 Å². The van der Waals surface area contributed by atoms with E-state index in [2.05, 4.69) is 47.5 Å². The Balaban J connectivity index is 1.94. The second-order valence-corrected chi connectivity index (χ2v) is 3.86. The molecule has 0 aliphatic carbocycles. The van der Waals surface area contributed by atoms with Gasteiger partial charge in [0.05, 0.1) is 0 Å². The van der Waals surface area contributed by atoms with Crippen LogP contribution in [0.2, 0.25) is 0 Å². The molecule has 2 nitrogen and oxygen atoms in total. The van der Waals surface area contributed by atoms with Crippen LogP contribution in [-0.2, 0) is 6.54 Å². The first-order valence-corrected chi connectivity index (χ1v) is 5.39. The molecule has 76 valence electrons. The number of nitrogens with zero attached hydrogens (tertiary/aromatic N) is 1. The normalized spacial score (nSPS) is 17.0. The number of hydrogen-bond acceptors (Lipinski definition) is 2. The Morgan fingerprint density at radius 2 is 2.00 bits per heavy atom. The summed E-state index contributed by atoms with van der Waals surface area (Å²) in [7, 11) is 0. The van der Waals surface area contributed by atoms with Crippen LogP contribution in [0.5, 0.6) is 0 Å². The molecule has 0 saturated carbocycles. The standard InChI is InChI=1S/C12H18N2/c1-2-14(12-8-13-9-12)10-11-6-4-3-5-7-11/h3-7,12-13H,2,8-10H2,1H3. The van der Waals surface area contributed by atoms with Gasteiger partial charge in [0, 0.05) is 25.7 Å². The molecule has 0 amide bonds. The van der Waals surface area contributed by atoms with Crippen molar-refractivity contribution in [1.82, 2.24) is 10.2 Å². The summed E-state index contributed by atoms with van der Waals surface area (Å²) in [5.74, 6) is 0. The van der Waals surface area contributed by atoms with E-state index in [9.17, 15) is 0 Å². The average molecular weight is 190 g/mol. The molecule has 1 heterocycles. The number of rotatable bonds is 4. The molecule has 1 aliphatic heterocycles. The lowest BCUT2D eigenvalue weighted by Gasteiger charge is -2.37. The summed E-state index contributed by atoms with van der Waals surface area (Å²) in [6.45, 7) is 6.77. The molecular weight excluding hydrogens is 172 g/mol. The van der Waals surface area contributed by atoms with Crippen LogP contribution >= 0.6 is 0 Å². The molecular formula is C12H18N2. The van der Waals surface area contributed by atoms with Crippen molar-refractivity contribution in [2.45, 2.75) is 19.5 Å². The van der Waals surface area contributed by atoms with E-state index >= 15 is 0 Å². The molecule has 0 bridgehead atoms. The van der Waals surface area contributed by atoms with Gasteiger partial charge < -0.3 is 5.32 Å². The van der Waals surface area contributed by atoms with Crippen molar-refractivity contribution >= 4 is 0 Å². The Morgan fingerprint density at radius 3 is 2.50 bits per heavy atom. The lowest BCUT2D eigenvalue weighted by atomic mass is 10.1. The lowest BCUT2D eigenvalue weighted by molar-refractivity contribution is 0.145. The first-order chi connectivity index (χ1) is 6.90. The molecule has 14 heavy (non-hydrogen) atoms. The monoisotopic (exact) mass is 190 g/mol. The summed E-state index contributed by atoms with van der Waals surface area (Å²) in [5.41, 5.74) is 1.42. The van der Waals surface area contributed by atoms with E-state index in [-0.39, 0.29) is 0 Å². The van der Waals surface area contributed by atoms with Gasteiger partial charge in [-0.2, -0.15) is 0 Å². The maximum Gasteiger partial charge on any atom is 0.0348 e. The Morgan fingerprint density at radius 1 is 1.29 bits per heavy atom. The van der Waals surface area contributed by atoms with Crippen molar-refractivity contribution in [3.8, 4) is 0 Å². The van der Waals surface area contributed by atoms with Crippen molar-refractivity contribution in [1.29, 1.82) is 0 Å². The van der Waals surface area contributed by atoms with E-state index in [1.54, 1.807) is 0 Å². The predicted octanol–water partition coefficient (Wildman–Crippen LogP) is 1.48. The quantitative estimate of drug-likeness (QED) is 0.773. The van der Waals surface area contributed by atoms with E-state index in [0.29, 0.717) is 0 Å². The van der Waals surface area contributed by atoms with Gasteiger partial charge in [-0.1, -0.05) is 37.3 Å². The molecule has 1 fully saturated rings. The second kappa shape index (κ2) is 4.58. The zero-order chi connectivity index (χ0) is 9.80. The molecule has 0 radical (unpaired) electrons. The van der Waals surface area contributed by atoms with Crippen LogP contribution in [0.4, 0.5) is 0 Å². The Bertz CT molecular complexity index is 267. The van der Waals surface area contributed by atoms with Gasteiger partial charge in [-0.25, -0.2) is 0 Å². The minimum atomic E-state index is 0.750. The fourth-order valence-electron chi connectivity index (χ4n) is 1.85. The van der Waals surface area contributed by atoms with E-state index in [4.69, 9.17) is 0 Å². The Kier molecular flexibility index (Phi) is 3.17. The van der Waals surface area contributed by atoms with Gasteiger partial charge in [0.1, 0.15) is 0 Å². The van der Waals surface area contributed by atoms with E-state index < -0.39 is 0 Å². The second-order valence-electron chi connectivity index (χ2n) is 3.86. The van der Waals surface area contributed by atoms with Crippen molar-refractivity contribution < 1.29 is 0 Å². The average Bonchev–Trinajstić information content (AvgIpc) is 2.15. The summed E-state index contributed by atoms with van der Waals surface area (Å²) in [6, 6.07) is 11.5. The number of benzene rings is 1. The molecule has 2 rings (SSSR count). The molecule has 1 aromatic carbocycles. The molecule has 2 heteroatoms. The molecule has 1 aromatic rings. The van der Waals surface area contributed by atoms with Gasteiger partial charge >= 0.3 is 0 Å². The van der Waals surface area contributed by atoms with Gasteiger partial charge in [0.25, 0.3) is 0 Å². The smallest absolute Gasteiger partial charge is 0.0348 e. The van der Waals surface area contributed by atoms with Crippen LogP contribution < -0.4 is 5.32 Å². The summed E-state index contributed by atoms with van der Waals surface area (Å²) < 4.78 is 0. The largest absolute Gasteiger partial charge is 0.314 e. The minimum absolute atomic E-state index is 0.750. The first kappa shape index (κ1) is 9.69. The molecule has 0 unspecified atom stereocenters. The molecule has 1 saturated heterocycles. The summed E-state index contributed by atoms with van der Waals surface area (Å²) in [5, 5.41) is 3.32. The number of likely N-dealkylation sites (N-methyl/N-ethyl adjacent to an activating group) is 1. The molecule has 1 aliphatic rings. The van der Waals surface area contributed by atoms with E-state index in [0.717, 1.165) is 32.2 Å². The number of nitrogens with one attached hydrogen (secondary N) is 1. The molecule has 1 N–H and O–H groups in total. The third-order valence-corrected chi connectivity index (χ3v) is 2.91. The highest BCUT2D eigenvalue weighted by molar-refractivity contribution is 5.14. The first-order valence-electron chi connectivity index (χ1n) is 5.39. The van der Waals surface area contributed by atoms with E-state index in [1.165, 1.54) is 5.56 Å². The van der Waals surface area contributed by atoms with Crippen LogP contribution in [0.15, 0.2) is 30.3 Å². The molecule has 0 aromatic heterocycles. The molecule has 0 atom stereocenters. The van der Waals surface area contributed by atoms with Crippen LogP contribution in [0.1, 0.15) is 12.5 Å². The molecule has 0 spiro atoms. The maximum absolute atomic E-state index is 3.32. The third-order valence-electron chi connectivity index (χ3n) is 2.91. The van der Waals surface area contributed by atoms with Crippen molar-refractivity contribution in [3.05, 3.63) is 35.9 Å². The fraction of sp³-hybridized carbons (Fsp3) is 0.500. The zero-order valence-electron chi connectivity index (χ0n) is 8.74. The van der Waals surface area contributed by atoms with Gasteiger partial charge in [0.2, 0.25) is 0 Å². The van der Waals surface area contributed by atoms with Crippen LogP contribution in [0, 0.1) is 0 Å². The topological polar surface area (TPSA) is 15.3 Å². The summed E-state index contributed by atoms with van der Waals surface area (Å²) in [4.78, 5) is 2.53. The Hall–Kier alpha value is -0.860. The van der Waals surface area contributed by atoms with Crippen LogP contribution in [-0.4, -0.2) is 30.6 Å². The number of hydrogen-bond donors (Lipinski definition) is 1. The lowest BCUT2D eigenvalue weighted by Crippen LogP contribution is -2.56. The van der Waals surface area contributed by atoms with Crippen molar-refractivity contribution in [2.24, 2.45) is 0 Å². The summed E-state index contributed by atoms with van der Waals surface area (Å²) >= 11 is 0. The van der Waals surface area contributed by atoms with Crippen LogP contribution in [0.3, 0.4) is 0 Å². The zero-order valence-corrected chi connectivity index (χ0v) is 8.74. The van der Waals surface area contributed by atoms with Gasteiger partial charge in [-0.15, -0.1) is 0 Å². The van der Waals surface area contributed by atoms with Crippen molar-refractivity contribution in [3.63, 3.8) is 0 Å². The summed E-state index contributed by atoms with van der Waals surface area (Å²) in [6.07, 6.45) is 0. The van der Waals surface area contributed by atoms with Crippen molar-refractivity contribution in [2.75, 3.05) is 19.6 Å². The predicted molar refractivity (Wildman–Crippen MR) is 59.2 cm³/mol.